The van der Waals surface area contributed by atoms with Gasteiger partial charge in [-0.1, -0.05) is 54.1 Å². The number of ether oxygens (including phenoxy) is 1. The molecule has 1 saturated heterocycles. The fraction of sp³-hybridized carbons (Fsp3) is 0.269. The lowest BCUT2D eigenvalue weighted by atomic mass is 10.2. The van der Waals surface area contributed by atoms with E-state index in [0.717, 1.165) is 17.0 Å². The van der Waals surface area contributed by atoms with Crippen LogP contribution in [0.15, 0.2) is 83.8 Å². The third-order valence-electron chi connectivity index (χ3n) is 6.02. The standard InChI is InChI=1S/C26H28ClN3O4S/c1-34-25-10-6-5-9-24(25)28-15-17-29(18-16-28)26(31)20-30(19-21-11-13-22(27)14-12-21)35(32,33)23-7-3-2-4-8-23/h2-14H,15-20H2,1H3. The Morgan fingerprint density at radius 2 is 1.54 bits per heavy atom. The molecule has 1 aliphatic rings. The van der Waals surface area contributed by atoms with Crippen molar-refractivity contribution in [3.63, 3.8) is 0 Å². The summed E-state index contributed by atoms with van der Waals surface area (Å²) in [6.07, 6.45) is 0. The number of hydrogen-bond donors (Lipinski definition) is 0. The van der Waals surface area contributed by atoms with Gasteiger partial charge in [0.2, 0.25) is 15.9 Å². The van der Waals surface area contributed by atoms with Gasteiger partial charge >= 0.3 is 0 Å². The number of sulfonamides is 1. The second-order valence-electron chi connectivity index (χ2n) is 8.25. The number of nitrogens with zero attached hydrogens (tertiary/aromatic N) is 3. The van der Waals surface area contributed by atoms with E-state index in [4.69, 9.17) is 16.3 Å². The maximum absolute atomic E-state index is 13.4. The molecule has 0 unspecified atom stereocenters. The summed E-state index contributed by atoms with van der Waals surface area (Å²) in [5.74, 6) is 0.563. The zero-order valence-electron chi connectivity index (χ0n) is 19.5. The van der Waals surface area contributed by atoms with E-state index < -0.39 is 10.0 Å². The van der Waals surface area contributed by atoms with Gasteiger partial charge in [0.1, 0.15) is 5.75 Å². The van der Waals surface area contributed by atoms with Gasteiger partial charge in [-0.15, -0.1) is 0 Å². The molecular formula is C26H28ClN3O4S. The maximum Gasteiger partial charge on any atom is 0.243 e. The molecule has 0 radical (unpaired) electrons. The highest BCUT2D eigenvalue weighted by Gasteiger charge is 2.30. The van der Waals surface area contributed by atoms with E-state index in [0.29, 0.717) is 31.2 Å². The number of methoxy groups -OCH3 is 1. The first-order chi connectivity index (χ1) is 16.9. The van der Waals surface area contributed by atoms with Crippen LogP contribution < -0.4 is 9.64 Å². The van der Waals surface area contributed by atoms with Crippen LogP contribution in [0.1, 0.15) is 5.56 Å². The molecule has 0 saturated carbocycles. The monoisotopic (exact) mass is 513 g/mol. The Morgan fingerprint density at radius 1 is 0.914 bits per heavy atom. The molecule has 1 amide bonds. The Labute approximate surface area is 211 Å². The van der Waals surface area contributed by atoms with Crippen LogP contribution in [-0.4, -0.2) is 63.4 Å². The molecule has 3 aromatic rings. The van der Waals surface area contributed by atoms with Crippen molar-refractivity contribution >= 4 is 33.2 Å². The average Bonchev–Trinajstić information content (AvgIpc) is 2.90. The number of carbonyl (C=O) groups is 1. The van der Waals surface area contributed by atoms with E-state index in [9.17, 15) is 13.2 Å². The molecule has 0 atom stereocenters. The summed E-state index contributed by atoms with van der Waals surface area (Å²) in [6, 6.07) is 22.9. The smallest absolute Gasteiger partial charge is 0.243 e. The predicted molar refractivity (Wildman–Crippen MR) is 137 cm³/mol. The van der Waals surface area contributed by atoms with Crippen LogP contribution in [-0.2, 0) is 21.4 Å². The van der Waals surface area contributed by atoms with Gasteiger partial charge in [0.25, 0.3) is 0 Å². The quantitative estimate of drug-likeness (QED) is 0.457. The Hall–Kier alpha value is -3.07. The molecule has 9 heteroatoms. The third kappa shape index (κ3) is 5.96. The van der Waals surface area contributed by atoms with Gasteiger partial charge in [-0.2, -0.15) is 4.31 Å². The van der Waals surface area contributed by atoms with Crippen LogP contribution in [0.2, 0.25) is 5.02 Å². The molecule has 3 aromatic carbocycles. The number of para-hydroxylation sites is 2. The molecule has 0 aliphatic carbocycles. The van der Waals surface area contributed by atoms with Crippen LogP contribution >= 0.6 is 11.6 Å². The van der Waals surface area contributed by atoms with E-state index in [1.165, 1.54) is 4.31 Å². The molecule has 0 spiro atoms. The van der Waals surface area contributed by atoms with Gasteiger partial charge < -0.3 is 14.5 Å². The molecule has 35 heavy (non-hydrogen) atoms. The van der Waals surface area contributed by atoms with Crippen molar-refractivity contribution in [1.82, 2.24) is 9.21 Å². The van der Waals surface area contributed by atoms with Gasteiger partial charge in [0.05, 0.1) is 24.2 Å². The Kier molecular flexibility index (Phi) is 7.95. The fourth-order valence-electron chi connectivity index (χ4n) is 4.10. The van der Waals surface area contributed by atoms with Crippen molar-refractivity contribution in [2.45, 2.75) is 11.4 Å². The number of rotatable bonds is 8. The van der Waals surface area contributed by atoms with Gasteiger partial charge in [-0.3, -0.25) is 4.79 Å². The first-order valence-electron chi connectivity index (χ1n) is 11.3. The highest BCUT2D eigenvalue weighted by Crippen LogP contribution is 2.28. The first kappa shape index (κ1) is 25.0. The molecule has 1 aliphatic heterocycles. The lowest BCUT2D eigenvalue weighted by Crippen LogP contribution is -2.51. The number of benzene rings is 3. The highest BCUT2D eigenvalue weighted by atomic mass is 35.5. The third-order valence-corrected chi connectivity index (χ3v) is 8.08. The van der Waals surface area contributed by atoms with Crippen LogP contribution in [0.3, 0.4) is 0 Å². The van der Waals surface area contributed by atoms with Crippen molar-refractivity contribution in [3.05, 3.63) is 89.4 Å². The molecule has 0 N–H and O–H groups in total. The van der Waals surface area contributed by atoms with Gasteiger partial charge in [0, 0.05) is 37.7 Å². The van der Waals surface area contributed by atoms with Crippen molar-refractivity contribution in [2.24, 2.45) is 0 Å². The Balaban J connectivity index is 1.49. The van der Waals surface area contributed by atoms with E-state index in [2.05, 4.69) is 4.90 Å². The van der Waals surface area contributed by atoms with E-state index in [1.54, 1.807) is 66.6 Å². The molecule has 0 aromatic heterocycles. The SMILES string of the molecule is COc1ccccc1N1CCN(C(=O)CN(Cc2ccc(Cl)cc2)S(=O)(=O)c2ccccc2)CC1. The van der Waals surface area contributed by atoms with Crippen LogP contribution in [0.25, 0.3) is 0 Å². The zero-order chi connectivity index (χ0) is 24.8. The maximum atomic E-state index is 13.4. The minimum absolute atomic E-state index is 0.0707. The summed E-state index contributed by atoms with van der Waals surface area (Å²) < 4.78 is 33.6. The van der Waals surface area contributed by atoms with E-state index in [-0.39, 0.29) is 23.9 Å². The summed E-state index contributed by atoms with van der Waals surface area (Å²) in [4.78, 5) is 17.3. The summed E-state index contributed by atoms with van der Waals surface area (Å²) in [5, 5.41) is 0.565. The number of piperazine rings is 1. The van der Waals surface area contributed by atoms with E-state index >= 15 is 0 Å². The second kappa shape index (κ2) is 11.1. The predicted octanol–water partition coefficient (Wildman–Crippen LogP) is 3.89. The Morgan fingerprint density at radius 3 is 2.20 bits per heavy atom. The summed E-state index contributed by atoms with van der Waals surface area (Å²) in [5.41, 5.74) is 1.74. The van der Waals surface area contributed by atoms with Crippen molar-refractivity contribution in [2.75, 3.05) is 44.7 Å². The summed E-state index contributed by atoms with van der Waals surface area (Å²) in [6.45, 7) is 2.09. The largest absolute Gasteiger partial charge is 0.495 e. The minimum atomic E-state index is -3.88. The number of anilines is 1. The lowest BCUT2D eigenvalue weighted by molar-refractivity contribution is -0.131. The fourth-order valence-corrected chi connectivity index (χ4v) is 5.62. The molecule has 184 valence electrons. The Bertz CT molecular complexity index is 1250. The number of halogens is 1. The van der Waals surface area contributed by atoms with Crippen LogP contribution in [0.4, 0.5) is 5.69 Å². The molecule has 0 bridgehead atoms. The highest BCUT2D eigenvalue weighted by molar-refractivity contribution is 7.89. The molecule has 1 heterocycles. The summed E-state index contributed by atoms with van der Waals surface area (Å²) in [7, 11) is -2.24. The van der Waals surface area contributed by atoms with E-state index in [1.807, 2.05) is 24.3 Å². The molecule has 7 nitrogen and oxygen atoms in total. The lowest BCUT2D eigenvalue weighted by Gasteiger charge is -2.37. The average molecular weight is 514 g/mol. The van der Waals surface area contributed by atoms with Gasteiger partial charge in [0.15, 0.2) is 0 Å². The molecule has 1 fully saturated rings. The van der Waals surface area contributed by atoms with Gasteiger partial charge in [-0.25, -0.2) is 8.42 Å². The number of hydrogen-bond acceptors (Lipinski definition) is 5. The second-order valence-corrected chi connectivity index (χ2v) is 10.6. The first-order valence-corrected chi connectivity index (χ1v) is 13.2. The normalized spacial score (nSPS) is 14.3. The zero-order valence-corrected chi connectivity index (χ0v) is 21.1. The van der Waals surface area contributed by atoms with Crippen molar-refractivity contribution in [1.29, 1.82) is 0 Å². The van der Waals surface area contributed by atoms with Crippen LogP contribution in [0, 0.1) is 0 Å². The van der Waals surface area contributed by atoms with Crippen molar-refractivity contribution in [3.8, 4) is 5.75 Å². The number of amides is 1. The molecular weight excluding hydrogens is 486 g/mol. The minimum Gasteiger partial charge on any atom is -0.495 e. The van der Waals surface area contributed by atoms with Crippen LogP contribution in [0.5, 0.6) is 5.75 Å². The summed E-state index contributed by atoms with van der Waals surface area (Å²) >= 11 is 5.99. The topological polar surface area (TPSA) is 70.2 Å². The van der Waals surface area contributed by atoms with Gasteiger partial charge in [-0.05, 0) is 42.0 Å². The number of carbonyl (C=O) groups excluding carboxylic acids is 1. The van der Waals surface area contributed by atoms with Crippen molar-refractivity contribution < 1.29 is 17.9 Å². The molecule has 4 rings (SSSR count).